The molecule has 1 aliphatic rings. The molecule has 0 unspecified atom stereocenters. The predicted octanol–water partition coefficient (Wildman–Crippen LogP) is 3.61. The second kappa shape index (κ2) is 7.87. The van der Waals surface area contributed by atoms with Crippen LogP contribution in [0.4, 0.5) is 0 Å². The summed E-state index contributed by atoms with van der Waals surface area (Å²) in [6.07, 6.45) is 2.91. The minimum absolute atomic E-state index is 0.349. The fourth-order valence-electron chi connectivity index (χ4n) is 2.65. The van der Waals surface area contributed by atoms with Gasteiger partial charge in [-0.25, -0.2) is 0 Å². The van der Waals surface area contributed by atoms with Crippen molar-refractivity contribution < 1.29 is 9.47 Å². The minimum Gasteiger partial charge on any atom is -0.494 e. The molecule has 0 saturated carbocycles. The van der Waals surface area contributed by atoms with Crippen molar-refractivity contribution in [1.82, 2.24) is 4.90 Å². The van der Waals surface area contributed by atoms with Crippen LogP contribution in [0.5, 0.6) is 5.75 Å². The van der Waals surface area contributed by atoms with Gasteiger partial charge in [0.1, 0.15) is 5.75 Å². The first-order chi connectivity index (χ1) is 9.63. The van der Waals surface area contributed by atoms with Gasteiger partial charge < -0.3 is 9.47 Å². The van der Waals surface area contributed by atoms with Crippen molar-refractivity contribution >= 4 is 11.6 Å². The Hall–Kier alpha value is -0.770. The van der Waals surface area contributed by atoms with Gasteiger partial charge in [0.25, 0.3) is 0 Å². The van der Waals surface area contributed by atoms with Crippen LogP contribution in [-0.4, -0.2) is 43.3 Å². The van der Waals surface area contributed by atoms with Crippen molar-refractivity contribution in [3.63, 3.8) is 0 Å². The highest BCUT2D eigenvalue weighted by molar-refractivity contribution is 6.30. The number of hydrogen-bond donors (Lipinski definition) is 0. The summed E-state index contributed by atoms with van der Waals surface area (Å²) in [6.45, 7) is 8.24. The van der Waals surface area contributed by atoms with E-state index in [9.17, 15) is 0 Å². The van der Waals surface area contributed by atoms with Crippen LogP contribution >= 0.6 is 11.6 Å². The third-order valence-corrected chi connectivity index (χ3v) is 3.66. The number of unbranched alkanes of at least 4 members (excludes halogenated alkanes) is 1. The van der Waals surface area contributed by atoms with Gasteiger partial charge in [0.05, 0.1) is 18.8 Å². The van der Waals surface area contributed by atoms with Crippen molar-refractivity contribution in [2.45, 2.75) is 38.9 Å². The van der Waals surface area contributed by atoms with Crippen LogP contribution in [0.2, 0.25) is 5.02 Å². The maximum Gasteiger partial charge on any atom is 0.120 e. The fourth-order valence-corrected chi connectivity index (χ4v) is 2.83. The van der Waals surface area contributed by atoms with Crippen LogP contribution in [0.15, 0.2) is 24.3 Å². The first-order valence-corrected chi connectivity index (χ1v) is 7.77. The third-order valence-electron chi connectivity index (χ3n) is 3.43. The highest BCUT2D eigenvalue weighted by Gasteiger charge is 2.21. The van der Waals surface area contributed by atoms with Gasteiger partial charge in [0.15, 0.2) is 0 Å². The summed E-state index contributed by atoms with van der Waals surface area (Å²) in [5, 5.41) is 0.721. The monoisotopic (exact) mass is 297 g/mol. The smallest absolute Gasteiger partial charge is 0.120 e. The van der Waals surface area contributed by atoms with Gasteiger partial charge in [0.2, 0.25) is 0 Å². The topological polar surface area (TPSA) is 21.7 Å². The lowest BCUT2D eigenvalue weighted by Crippen LogP contribution is -2.45. The van der Waals surface area contributed by atoms with E-state index in [1.54, 1.807) is 0 Å². The van der Waals surface area contributed by atoms with Crippen LogP contribution in [0, 0.1) is 0 Å². The second-order valence-corrected chi connectivity index (χ2v) is 5.97. The highest BCUT2D eigenvalue weighted by atomic mass is 35.5. The van der Waals surface area contributed by atoms with Crippen LogP contribution < -0.4 is 4.74 Å². The van der Waals surface area contributed by atoms with E-state index in [0.717, 1.165) is 49.9 Å². The zero-order valence-corrected chi connectivity index (χ0v) is 13.1. The lowest BCUT2D eigenvalue weighted by atomic mass is 10.2. The maximum atomic E-state index is 5.92. The molecular weight excluding hydrogens is 274 g/mol. The third kappa shape index (κ3) is 5.31. The van der Waals surface area contributed by atoms with Gasteiger partial charge in [-0.3, -0.25) is 4.90 Å². The number of rotatable bonds is 6. The molecule has 0 bridgehead atoms. The summed E-state index contributed by atoms with van der Waals surface area (Å²) >= 11 is 5.92. The quantitative estimate of drug-likeness (QED) is 0.749. The summed E-state index contributed by atoms with van der Waals surface area (Å²) in [4.78, 5) is 2.48. The lowest BCUT2D eigenvalue weighted by Gasteiger charge is -2.35. The van der Waals surface area contributed by atoms with Crippen LogP contribution in [0.25, 0.3) is 0 Å². The normalized spacial score (nSPS) is 23.8. The van der Waals surface area contributed by atoms with Crippen LogP contribution in [-0.2, 0) is 4.74 Å². The molecule has 0 amide bonds. The van der Waals surface area contributed by atoms with E-state index < -0.39 is 0 Å². The van der Waals surface area contributed by atoms with Gasteiger partial charge in [-0.1, -0.05) is 17.7 Å². The first kappa shape index (κ1) is 15.6. The maximum absolute atomic E-state index is 5.92. The summed E-state index contributed by atoms with van der Waals surface area (Å²) in [5.74, 6) is 0.853. The van der Waals surface area contributed by atoms with Gasteiger partial charge >= 0.3 is 0 Å². The van der Waals surface area contributed by atoms with E-state index in [2.05, 4.69) is 18.7 Å². The Morgan fingerprint density at radius 2 is 2.00 bits per heavy atom. The van der Waals surface area contributed by atoms with E-state index >= 15 is 0 Å². The van der Waals surface area contributed by atoms with Crippen molar-refractivity contribution in [2.75, 3.05) is 26.2 Å². The van der Waals surface area contributed by atoms with Gasteiger partial charge in [-0.05, 0) is 51.4 Å². The summed E-state index contributed by atoms with van der Waals surface area (Å²) in [5.41, 5.74) is 0. The van der Waals surface area contributed by atoms with Crippen molar-refractivity contribution in [1.29, 1.82) is 0 Å². The first-order valence-electron chi connectivity index (χ1n) is 7.39. The SMILES string of the molecule is C[C@@H]1CN(CCCCOc2cccc(Cl)c2)C[C@H](C)O1. The standard InChI is InChI=1S/C16H24ClNO2/c1-13-11-18(12-14(2)20-13)8-3-4-9-19-16-7-5-6-15(17)10-16/h5-7,10,13-14H,3-4,8-9,11-12H2,1-2H3/t13-,14+. The molecule has 20 heavy (non-hydrogen) atoms. The average molecular weight is 298 g/mol. The molecule has 1 fully saturated rings. The number of morpholine rings is 1. The van der Waals surface area contributed by atoms with Gasteiger partial charge in [-0.2, -0.15) is 0 Å². The molecule has 0 spiro atoms. The molecule has 1 aliphatic heterocycles. The number of halogens is 1. The number of benzene rings is 1. The molecule has 0 aromatic heterocycles. The minimum atomic E-state index is 0.349. The Balaban J connectivity index is 1.59. The van der Waals surface area contributed by atoms with E-state index in [1.807, 2.05) is 24.3 Å². The lowest BCUT2D eigenvalue weighted by molar-refractivity contribution is -0.0682. The molecule has 0 radical (unpaired) electrons. The predicted molar refractivity (Wildman–Crippen MR) is 82.6 cm³/mol. The Morgan fingerprint density at radius 1 is 1.25 bits per heavy atom. The van der Waals surface area contributed by atoms with E-state index in [0.29, 0.717) is 12.2 Å². The van der Waals surface area contributed by atoms with E-state index in [-0.39, 0.29) is 0 Å². The van der Waals surface area contributed by atoms with Crippen molar-refractivity contribution in [3.8, 4) is 5.75 Å². The molecule has 0 aliphatic carbocycles. The van der Waals surface area contributed by atoms with Gasteiger partial charge in [0, 0.05) is 18.1 Å². The molecular formula is C16H24ClNO2. The zero-order valence-electron chi connectivity index (χ0n) is 12.3. The average Bonchev–Trinajstić information content (AvgIpc) is 2.37. The molecule has 1 saturated heterocycles. The molecule has 2 atom stereocenters. The Bertz CT molecular complexity index is 403. The van der Waals surface area contributed by atoms with Crippen molar-refractivity contribution in [2.24, 2.45) is 0 Å². The largest absolute Gasteiger partial charge is 0.494 e. The van der Waals surface area contributed by atoms with Crippen LogP contribution in [0.1, 0.15) is 26.7 Å². The molecule has 112 valence electrons. The van der Waals surface area contributed by atoms with E-state index in [4.69, 9.17) is 21.1 Å². The number of hydrogen-bond acceptors (Lipinski definition) is 3. The molecule has 1 aromatic rings. The summed E-state index contributed by atoms with van der Waals surface area (Å²) < 4.78 is 11.4. The molecule has 1 aromatic carbocycles. The molecule has 2 rings (SSSR count). The number of nitrogens with zero attached hydrogens (tertiary/aromatic N) is 1. The molecule has 1 heterocycles. The molecule has 3 nitrogen and oxygen atoms in total. The summed E-state index contributed by atoms with van der Waals surface area (Å²) in [6, 6.07) is 7.56. The Kier molecular flexibility index (Phi) is 6.14. The zero-order chi connectivity index (χ0) is 14.4. The van der Waals surface area contributed by atoms with Crippen LogP contribution in [0.3, 0.4) is 0 Å². The second-order valence-electron chi connectivity index (χ2n) is 5.53. The molecule has 0 N–H and O–H groups in total. The number of ether oxygens (including phenoxy) is 2. The molecule has 4 heteroatoms. The van der Waals surface area contributed by atoms with E-state index in [1.165, 1.54) is 0 Å². The highest BCUT2D eigenvalue weighted by Crippen LogP contribution is 2.17. The fraction of sp³-hybridized carbons (Fsp3) is 0.625. The Morgan fingerprint density at radius 3 is 2.70 bits per heavy atom. The Labute approximate surface area is 126 Å². The summed E-state index contributed by atoms with van der Waals surface area (Å²) in [7, 11) is 0. The van der Waals surface area contributed by atoms with Crippen molar-refractivity contribution in [3.05, 3.63) is 29.3 Å². The van der Waals surface area contributed by atoms with Gasteiger partial charge in [-0.15, -0.1) is 0 Å².